The highest BCUT2D eigenvalue weighted by atomic mass is 32.2. The zero-order chi connectivity index (χ0) is 19.9. The molecule has 1 aliphatic rings. The first kappa shape index (κ1) is 17.4. The summed E-state index contributed by atoms with van der Waals surface area (Å²) in [5.41, 5.74) is 5.41. The summed E-state index contributed by atoms with van der Waals surface area (Å²) in [6, 6.07) is 20.2. The summed E-state index contributed by atoms with van der Waals surface area (Å²) in [5, 5.41) is 0.987. The van der Waals surface area contributed by atoms with Gasteiger partial charge in [0, 0.05) is 33.4 Å². The zero-order valence-electron chi connectivity index (χ0n) is 15.9. The van der Waals surface area contributed by atoms with Gasteiger partial charge in [-0.2, -0.15) is 0 Å². The van der Waals surface area contributed by atoms with Gasteiger partial charge in [-0.1, -0.05) is 24.3 Å². The first-order valence-corrected chi connectivity index (χ1v) is 10.7. The smallest absolute Gasteiger partial charge is 0.159 e. The maximum Gasteiger partial charge on any atom is 0.159 e. The van der Waals surface area contributed by atoms with E-state index in [2.05, 4.69) is 22.1 Å². The van der Waals surface area contributed by atoms with Gasteiger partial charge in [0.25, 0.3) is 0 Å². The Morgan fingerprint density at radius 1 is 0.767 bits per heavy atom. The molecule has 5 aromatic rings. The van der Waals surface area contributed by atoms with Gasteiger partial charge in [-0.05, 0) is 36.4 Å². The highest BCUT2D eigenvalue weighted by Crippen LogP contribution is 2.36. The third-order valence-corrected chi connectivity index (χ3v) is 6.15. The minimum atomic E-state index is 0.686. The number of thioether (sulfide) groups is 1. The predicted molar refractivity (Wildman–Crippen MR) is 120 cm³/mol. The van der Waals surface area contributed by atoms with Crippen molar-refractivity contribution in [2.45, 2.75) is 4.90 Å². The van der Waals surface area contributed by atoms with Gasteiger partial charge in [-0.25, -0.2) is 15.0 Å². The average molecular weight is 408 g/mol. The van der Waals surface area contributed by atoms with Crippen molar-refractivity contribution in [1.82, 2.24) is 19.9 Å². The topological polar surface area (TPSA) is 60.8 Å². The van der Waals surface area contributed by atoms with Gasteiger partial charge in [-0.3, -0.25) is 4.98 Å². The molecule has 0 unspecified atom stereocenters. The number of aromatic nitrogens is 4. The van der Waals surface area contributed by atoms with E-state index < -0.39 is 0 Å². The summed E-state index contributed by atoms with van der Waals surface area (Å²) >= 11 is 1.82. The molecule has 0 bridgehead atoms. The fourth-order valence-electron chi connectivity index (χ4n) is 3.60. The van der Waals surface area contributed by atoms with E-state index in [0.29, 0.717) is 5.82 Å². The van der Waals surface area contributed by atoms with Crippen LogP contribution in [0.3, 0.4) is 0 Å². The number of para-hydroxylation sites is 2. The largest absolute Gasteiger partial charge is 0.492 e. The number of hydrogen-bond donors (Lipinski definition) is 0. The van der Waals surface area contributed by atoms with Crippen molar-refractivity contribution in [3.63, 3.8) is 0 Å². The molecule has 3 aromatic carbocycles. The molecule has 30 heavy (non-hydrogen) atoms. The van der Waals surface area contributed by atoms with Crippen molar-refractivity contribution in [1.29, 1.82) is 0 Å². The van der Waals surface area contributed by atoms with Crippen LogP contribution in [0.1, 0.15) is 0 Å². The molecule has 0 spiro atoms. The third kappa shape index (κ3) is 3.06. The molecule has 1 aliphatic heterocycles. The molecule has 5 nitrogen and oxygen atoms in total. The first-order valence-electron chi connectivity index (χ1n) is 9.72. The van der Waals surface area contributed by atoms with E-state index in [4.69, 9.17) is 14.7 Å². The second-order valence-corrected chi connectivity index (χ2v) is 8.21. The Bertz CT molecular complexity index is 1420. The van der Waals surface area contributed by atoms with E-state index in [1.807, 2.05) is 72.7 Å². The normalized spacial score (nSPS) is 13.2. The van der Waals surface area contributed by atoms with E-state index in [9.17, 15) is 0 Å². The second kappa shape index (κ2) is 7.07. The number of hydrogen-bond acceptors (Lipinski definition) is 6. The molecule has 0 radical (unpaired) electrons. The van der Waals surface area contributed by atoms with Crippen molar-refractivity contribution in [3.8, 4) is 28.4 Å². The molecule has 0 N–H and O–H groups in total. The molecule has 144 valence electrons. The quantitative estimate of drug-likeness (QED) is 0.390. The molecule has 6 rings (SSSR count). The van der Waals surface area contributed by atoms with Crippen LogP contribution in [0, 0.1) is 0 Å². The molecule has 0 saturated heterocycles. The Balaban J connectivity index is 1.43. The lowest BCUT2D eigenvalue weighted by atomic mass is 10.1. The fraction of sp³-hybridized carbons (Fsp3) is 0.0833. The molecule has 0 amide bonds. The Hall–Kier alpha value is -3.51. The van der Waals surface area contributed by atoms with Crippen LogP contribution in [0.15, 0.2) is 78.0 Å². The molecule has 0 saturated carbocycles. The average Bonchev–Trinajstić information content (AvgIpc) is 2.82. The lowest BCUT2D eigenvalue weighted by Crippen LogP contribution is -2.06. The summed E-state index contributed by atoms with van der Waals surface area (Å²) < 4.78 is 5.79. The molecule has 0 fully saturated rings. The highest BCUT2D eigenvalue weighted by Gasteiger charge is 2.13. The Morgan fingerprint density at radius 3 is 2.63 bits per heavy atom. The monoisotopic (exact) mass is 408 g/mol. The molecule has 3 heterocycles. The summed E-state index contributed by atoms with van der Waals surface area (Å²) in [6.45, 7) is 0.732. The summed E-state index contributed by atoms with van der Waals surface area (Å²) in [6.07, 6.45) is 3.67. The van der Waals surface area contributed by atoms with E-state index >= 15 is 0 Å². The molecule has 2 aromatic heterocycles. The predicted octanol–water partition coefficient (Wildman–Crippen LogP) is 5.39. The van der Waals surface area contributed by atoms with Gasteiger partial charge in [-0.15, -0.1) is 11.8 Å². The molecular formula is C24H16N4OS. The Kier molecular flexibility index (Phi) is 4.09. The minimum absolute atomic E-state index is 0.686. The van der Waals surface area contributed by atoms with Gasteiger partial charge in [0.05, 0.1) is 35.0 Å². The summed E-state index contributed by atoms with van der Waals surface area (Å²) in [5.74, 6) is 2.58. The van der Waals surface area contributed by atoms with Crippen LogP contribution < -0.4 is 4.74 Å². The molecule has 0 aliphatic carbocycles. The lowest BCUT2D eigenvalue weighted by molar-refractivity contribution is 0.330. The van der Waals surface area contributed by atoms with Crippen LogP contribution in [-0.2, 0) is 0 Å². The van der Waals surface area contributed by atoms with Crippen molar-refractivity contribution in [2.75, 3.05) is 12.4 Å². The number of ether oxygens (including phenoxy) is 1. The number of nitrogens with zero attached hydrogens (tertiary/aromatic N) is 4. The van der Waals surface area contributed by atoms with Crippen molar-refractivity contribution in [2.24, 2.45) is 0 Å². The van der Waals surface area contributed by atoms with Crippen LogP contribution in [0.5, 0.6) is 5.75 Å². The number of benzene rings is 3. The molecule has 6 heteroatoms. The van der Waals surface area contributed by atoms with Crippen LogP contribution in [0.4, 0.5) is 0 Å². The van der Waals surface area contributed by atoms with E-state index in [0.717, 1.165) is 56.9 Å². The molecule has 0 atom stereocenters. The van der Waals surface area contributed by atoms with Gasteiger partial charge in [0.15, 0.2) is 5.82 Å². The van der Waals surface area contributed by atoms with Crippen LogP contribution in [0.2, 0.25) is 0 Å². The van der Waals surface area contributed by atoms with Gasteiger partial charge < -0.3 is 4.74 Å². The van der Waals surface area contributed by atoms with E-state index in [-0.39, 0.29) is 0 Å². The van der Waals surface area contributed by atoms with Crippen molar-refractivity contribution >= 4 is 33.7 Å². The first-order chi connectivity index (χ1) is 14.8. The Labute approximate surface area is 177 Å². The van der Waals surface area contributed by atoms with Crippen molar-refractivity contribution < 1.29 is 4.74 Å². The maximum absolute atomic E-state index is 5.79. The van der Waals surface area contributed by atoms with Gasteiger partial charge in [0.1, 0.15) is 5.75 Å². The van der Waals surface area contributed by atoms with Gasteiger partial charge >= 0.3 is 0 Å². The standard InChI is InChI=1S/C24H16N4OS/c1-2-4-19-18(3-1)25-14-21(27-19)15-5-6-17-13-26-24(28-20(17)11-15)16-7-8-23-22(12-16)29-9-10-30-23/h1-8,11-14H,9-10H2. The third-order valence-electron chi connectivity index (χ3n) is 5.13. The van der Waals surface area contributed by atoms with Gasteiger partial charge in [0.2, 0.25) is 0 Å². The van der Waals surface area contributed by atoms with E-state index in [1.165, 1.54) is 4.90 Å². The summed E-state index contributed by atoms with van der Waals surface area (Å²) in [4.78, 5) is 19.8. The van der Waals surface area contributed by atoms with Crippen LogP contribution in [0.25, 0.3) is 44.6 Å². The zero-order valence-corrected chi connectivity index (χ0v) is 16.8. The maximum atomic E-state index is 5.79. The number of rotatable bonds is 2. The van der Waals surface area contributed by atoms with E-state index in [1.54, 1.807) is 0 Å². The fourth-order valence-corrected chi connectivity index (χ4v) is 4.41. The SMILES string of the molecule is c1ccc2nc(-c3ccc4cnc(-c5ccc6c(c5)OCCS6)nc4c3)cnc2c1. The second-order valence-electron chi connectivity index (χ2n) is 7.07. The van der Waals surface area contributed by atoms with Crippen LogP contribution >= 0.6 is 11.8 Å². The summed E-state index contributed by atoms with van der Waals surface area (Å²) in [7, 11) is 0. The van der Waals surface area contributed by atoms with Crippen molar-refractivity contribution in [3.05, 3.63) is 73.1 Å². The number of fused-ring (bicyclic) bond motifs is 3. The lowest BCUT2D eigenvalue weighted by Gasteiger charge is -2.17. The Morgan fingerprint density at radius 2 is 1.67 bits per heavy atom. The minimum Gasteiger partial charge on any atom is -0.492 e. The van der Waals surface area contributed by atoms with Crippen LogP contribution in [-0.4, -0.2) is 32.3 Å². The highest BCUT2D eigenvalue weighted by molar-refractivity contribution is 7.99. The molecular weight excluding hydrogens is 392 g/mol.